The van der Waals surface area contributed by atoms with Crippen LogP contribution in [0.4, 0.5) is 0 Å². The Kier molecular flexibility index (Phi) is 4.54. The molecule has 6 heteroatoms. The molecule has 1 aromatic carbocycles. The minimum absolute atomic E-state index is 0.252. The fourth-order valence-corrected chi connectivity index (χ4v) is 3.67. The van der Waals surface area contributed by atoms with Gasteiger partial charge in [-0.3, -0.25) is 4.90 Å². The standard InChI is InChI=1S/C13H18N2O2S2/c14-13(18)12-4-1-3-11(9-12)10-15-5-2-7-19(16,17)8-6-15/h1,3-4,9H,2,5-8,10H2,(H2,14,18). The predicted octanol–water partition coefficient (Wildman–Crippen LogP) is 0.941. The summed E-state index contributed by atoms with van der Waals surface area (Å²) < 4.78 is 23.1. The minimum atomic E-state index is -2.85. The van der Waals surface area contributed by atoms with E-state index in [0.717, 1.165) is 24.2 Å². The van der Waals surface area contributed by atoms with Crippen LogP contribution in [0.25, 0.3) is 0 Å². The number of benzene rings is 1. The molecule has 1 aliphatic heterocycles. The molecule has 0 unspecified atom stereocenters. The van der Waals surface area contributed by atoms with Gasteiger partial charge in [0.25, 0.3) is 0 Å². The maximum atomic E-state index is 11.6. The summed E-state index contributed by atoms with van der Waals surface area (Å²) in [6, 6.07) is 7.81. The number of sulfone groups is 1. The van der Waals surface area contributed by atoms with Crippen molar-refractivity contribution >= 4 is 27.0 Å². The van der Waals surface area contributed by atoms with Gasteiger partial charge in [0, 0.05) is 18.7 Å². The van der Waals surface area contributed by atoms with Gasteiger partial charge in [0.1, 0.15) is 4.99 Å². The summed E-state index contributed by atoms with van der Waals surface area (Å²) in [6.45, 7) is 2.15. The molecule has 0 saturated carbocycles. The first kappa shape index (κ1) is 14.4. The van der Waals surface area contributed by atoms with Crippen molar-refractivity contribution in [1.29, 1.82) is 0 Å². The molecule has 1 heterocycles. The normalized spacial score (nSPS) is 19.8. The average Bonchev–Trinajstić information content (AvgIpc) is 2.51. The van der Waals surface area contributed by atoms with E-state index in [1.165, 1.54) is 0 Å². The Balaban J connectivity index is 2.05. The van der Waals surface area contributed by atoms with Crippen molar-refractivity contribution in [2.24, 2.45) is 5.73 Å². The van der Waals surface area contributed by atoms with Gasteiger partial charge in [-0.25, -0.2) is 8.42 Å². The Morgan fingerprint density at radius 1 is 1.32 bits per heavy atom. The van der Waals surface area contributed by atoms with E-state index in [0.29, 0.717) is 23.7 Å². The molecule has 2 N–H and O–H groups in total. The first-order valence-corrected chi connectivity index (χ1v) is 8.51. The quantitative estimate of drug-likeness (QED) is 0.842. The highest BCUT2D eigenvalue weighted by Gasteiger charge is 2.19. The van der Waals surface area contributed by atoms with E-state index in [1.807, 2.05) is 24.3 Å². The molecule has 1 fully saturated rings. The van der Waals surface area contributed by atoms with E-state index in [-0.39, 0.29) is 5.75 Å². The summed E-state index contributed by atoms with van der Waals surface area (Å²) in [6.07, 6.45) is 0.706. The summed E-state index contributed by atoms with van der Waals surface area (Å²) in [5.41, 5.74) is 7.59. The Hall–Kier alpha value is -0.980. The topological polar surface area (TPSA) is 63.4 Å². The molecule has 2 rings (SSSR count). The van der Waals surface area contributed by atoms with Crippen LogP contribution in [0.15, 0.2) is 24.3 Å². The molecule has 0 aromatic heterocycles. The SMILES string of the molecule is NC(=S)c1cccc(CN2CCCS(=O)(=O)CC2)c1. The Morgan fingerprint density at radius 2 is 2.11 bits per heavy atom. The summed E-state index contributed by atoms with van der Waals surface area (Å²) in [5, 5.41) is 0. The van der Waals surface area contributed by atoms with Crippen molar-refractivity contribution in [3.8, 4) is 0 Å². The van der Waals surface area contributed by atoms with Crippen LogP contribution in [0.3, 0.4) is 0 Å². The fraction of sp³-hybridized carbons (Fsp3) is 0.462. The third kappa shape index (κ3) is 4.26. The van der Waals surface area contributed by atoms with E-state index in [4.69, 9.17) is 18.0 Å². The highest BCUT2D eigenvalue weighted by molar-refractivity contribution is 7.91. The van der Waals surface area contributed by atoms with Crippen molar-refractivity contribution in [1.82, 2.24) is 4.90 Å². The predicted molar refractivity (Wildman–Crippen MR) is 80.9 cm³/mol. The summed E-state index contributed by atoms with van der Waals surface area (Å²) >= 11 is 4.96. The van der Waals surface area contributed by atoms with Gasteiger partial charge in [-0.15, -0.1) is 0 Å². The van der Waals surface area contributed by atoms with E-state index in [1.54, 1.807) is 0 Å². The van der Waals surface area contributed by atoms with Crippen LogP contribution < -0.4 is 5.73 Å². The van der Waals surface area contributed by atoms with Crippen LogP contribution in [0.1, 0.15) is 17.5 Å². The maximum absolute atomic E-state index is 11.6. The fourth-order valence-electron chi connectivity index (χ4n) is 2.23. The van der Waals surface area contributed by atoms with Gasteiger partial charge in [-0.2, -0.15) is 0 Å². The summed E-state index contributed by atoms with van der Waals surface area (Å²) in [5.74, 6) is 0.554. The van der Waals surface area contributed by atoms with Gasteiger partial charge in [0.05, 0.1) is 11.5 Å². The lowest BCUT2D eigenvalue weighted by Gasteiger charge is -2.19. The molecule has 0 radical (unpaired) electrons. The molecular formula is C13H18N2O2S2. The molecule has 0 amide bonds. The van der Waals surface area contributed by atoms with E-state index < -0.39 is 9.84 Å². The highest BCUT2D eigenvalue weighted by atomic mass is 32.2. The van der Waals surface area contributed by atoms with Gasteiger partial charge in [-0.05, 0) is 24.6 Å². The van der Waals surface area contributed by atoms with E-state index >= 15 is 0 Å². The van der Waals surface area contributed by atoms with Gasteiger partial charge in [-0.1, -0.05) is 30.4 Å². The lowest BCUT2D eigenvalue weighted by Crippen LogP contribution is -2.26. The first-order chi connectivity index (χ1) is 8.96. The van der Waals surface area contributed by atoms with Crippen molar-refractivity contribution in [2.75, 3.05) is 24.6 Å². The second-order valence-electron chi connectivity index (χ2n) is 4.85. The van der Waals surface area contributed by atoms with Gasteiger partial charge in [0.15, 0.2) is 9.84 Å². The molecule has 104 valence electrons. The Labute approximate surface area is 119 Å². The van der Waals surface area contributed by atoms with Crippen LogP contribution in [-0.4, -0.2) is 42.9 Å². The number of nitrogens with two attached hydrogens (primary N) is 1. The minimum Gasteiger partial charge on any atom is -0.389 e. The van der Waals surface area contributed by atoms with Crippen molar-refractivity contribution in [3.63, 3.8) is 0 Å². The van der Waals surface area contributed by atoms with Crippen LogP contribution >= 0.6 is 12.2 Å². The number of rotatable bonds is 3. The molecule has 1 aliphatic rings. The van der Waals surface area contributed by atoms with Crippen LogP contribution in [0, 0.1) is 0 Å². The Bertz CT molecular complexity index is 570. The van der Waals surface area contributed by atoms with E-state index in [9.17, 15) is 8.42 Å². The lowest BCUT2D eigenvalue weighted by molar-refractivity contribution is 0.287. The summed E-state index contributed by atoms with van der Waals surface area (Å²) in [7, 11) is -2.85. The van der Waals surface area contributed by atoms with Crippen LogP contribution in [-0.2, 0) is 16.4 Å². The molecule has 19 heavy (non-hydrogen) atoms. The van der Waals surface area contributed by atoms with Crippen molar-refractivity contribution in [3.05, 3.63) is 35.4 Å². The monoisotopic (exact) mass is 298 g/mol. The van der Waals surface area contributed by atoms with Gasteiger partial charge in [0.2, 0.25) is 0 Å². The smallest absolute Gasteiger partial charge is 0.151 e. The molecular weight excluding hydrogens is 280 g/mol. The number of hydrogen-bond acceptors (Lipinski definition) is 4. The zero-order valence-corrected chi connectivity index (χ0v) is 12.3. The zero-order valence-electron chi connectivity index (χ0n) is 10.7. The number of hydrogen-bond donors (Lipinski definition) is 1. The van der Waals surface area contributed by atoms with Gasteiger partial charge >= 0.3 is 0 Å². The highest BCUT2D eigenvalue weighted by Crippen LogP contribution is 2.12. The molecule has 4 nitrogen and oxygen atoms in total. The van der Waals surface area contributed by atoms with Crippen molar-refractivity contribution < 1.29 is 8.42 Å². The maximum Gasteiger partial charge on any atom is 0.151 e. The zero-order chi connectivity index (χ0) is 13.9. The largest absolute Gasteiger partial charge is 0.389 e. The number of thiocarbonyl (C=S) groups is 1. The molecule has 0 spiro atoms. The van der Waals surface area contributed by atoms with Crippen LogP contribution in [0.5, 0.6) is 0 Å². The van der Waals surface area contributed by atoms with Gasteiger partial charge < -0.3 is 5.73 Å². The second-order valence-corrected chi connectivity index (χ2v) is 7.59. The lowest BCUT2D eigenvalue weighted by atomic mass is 10.1. The molecule has 1 aromatic rings. The first-order valence-electron chi connectivity index (χ1n) is 6.28. The second kappa shape index (κ2) is 5.98. The van der Waals surface area contributed by atoms with E-state index in [2.05, 4.69) is 4.90 Å². The third-order valence-electron chi connectivity index (χ3n) is 3.27. The molecule has 0 atom stereocenters. The number of nitrogens with zero attached hydrogens (tertiary/aromatic N) is 1. The molecule has 0 aliphatic carbocycles. The van der Waals surface area contributed by atoms with Crippen molar-refractivity contribution in [2.45, 2.75) is 13.0 Å². The van der Waals surface area contributed by atoms with Crippen LogP contribution in [0.2, 0.25) is 0 Å². The molecule has 0 bridgehead atoms. The average molecular weight is 298 g/mol. The molecule has 1 saturated heterocycles. The third-order valence-corrected chi connectivity index (χ3v) is 5.22. The summed E-state index contributed by atoms with van der Waals surface area (Å²) in [4.78, 5) is 2.56. The Morgan fingerprint density at radius 3 is 2.84 bits per heavy atom.